The van der Waals surface area contributed by atoms with E-state index in [1.165, 1.54) is 13.0 Å². The Morgan fingerprint density at radius 2 is 2.22 bits per heavy atom. The van der Waals surface area contributed by atoms with Gasteiger partial charge in [-0.2, -0.15) is 0 Å². The summed E-state index contributed by atoms with van der Waals surface area (Å²) in [5.41, 5.74) is 0. The minimum Gasteiger partial charge on any atom is -0.378 e. The van der Waals surface area contributed by atoms with E-state index in [1.54, 1.807) is 0 Å². The SMILES string of the molecule is CCCN(C)C1COC1. The van der Waals surface area contributed by atoms with E-state index in [-0.39, 0.29) is 0 Å². The number of nitrogens with zero attached hydrogens (tertiary/aromatic N) is 1. The molecule has 54 valence electrons. The summed E-state index contributed by atoms with van der Waals surface area (Å²) in [4.78, 5) is 2.36. The first-order valence-corrected chi connectivity index (χ1v) is 3.62. The summed E-state index contributed by atoms with van der Waals surface area (Å²) >= 11 is 0. The summed E-state index contributed by atoms with van der Waals surface area (Å²) in [6.45, 7) is 5.29. The van der Waals surface area contributed by atoms with Crippen LogP contribution in [0, 0.1) is 0 Å². The van der Waals surface area contributed by atoms with Gasteiger partial charge in [0.1, 0.15) is 0 Å². The van der Waals surface area contributed by atoms with Gasteiger partial charge in [-0.1, -0.05) is 6.92 Å². The Hall–Kier alpha value is -0.0800. The number of ether oxygens (including phenoxy) is 1. The highest BCUT2D eigenvalue weighted by Gasteiger charge is 2.21. The van der Waals surface area contributed by atoms with Crippen molar-refractivity contribution < 1.29 is 4.74 Å². The molecule has 1 heterocycles. The van der Waals surface area contributed by atoms with Gasteiger partial charge in [0.15, 0.2) is 0 Å². The molecule has 0 spiro atoms. The number of hydrogen-bond donors (Lipinski definition) is 0. The molecule has 2 heteroatoms. The zero-order chi connectivity index (χ0) is 6.69. The van der Waals surface area contributed by atoms with E-state index >= 15 is 0 Å². The van der Waals surface area contributed by atoms with E-state index in [1.807, 2.05) is 0 Å². The molecule has 0 aliphatic carbocycles. The highest BCUT2D eigenvalue weighted by Crippen LogP contribution is 2.07. The molecule has 2 nitrogen and oxygen atoms in total. The fourth-order valence-corrected chi connectivity index (χ4v) is 1.01. The molecular weight excluding hydrogens is 114 g/mol. The largest absolute Gasteiger partial charge is 0.378 e. The van der Waals surface area contributed by atoms with Crippen molar-refractivity contribution in [2.24, 2.45) is 0 Å². The summed E-state index contributed by atoms with van der Waals surface area (Å²) in [6.07, 6.45) is 1.24. The molecule has 0 bridgehead atoms. The zero-order valence-electron chi connectivity index (χ0n) is 6.26. The number of hydrogen-bond acceptors (Lipinski definition) is 2. The maximum Gasteiger partial charge on any atom is 0.0645 e. The molecule has 1 aliphatic heterocycles. The van der Waals surface area contributed by atoms with Crippen LogP contribution in [-0.4, -0.2) is 37.7 Å². The van der Waals surface area contributed by atoms with Crippen molar-refractivity contribution in [1.82, 2.24) is 4.90 Å². The number of likely N-dealkylation sites (N-methyl/N-ethyl adjacent to an activating group) is 1. The molecule has 0 aromatic rings. The average molecular weight is 129 g/mol. The molecule has 0 amide bonds. The molecule has 0 aromatic heterocycles. The Morgan fingerprint density at radius 3 is 2.56 bits per heavy atom. The highest BCUT2D eigenvalue weighted by molar-refractivity contribution is 4.73. The predicted octanol–water partition coefficient (Wildman–Crippen LogP) is 0.727. The second-order valence-corrected chi connectivity index (χ2v) is 2.67. The van der Waals surface area contributed by atoms with Gasteiger partial charge in [0.05, 0.1) is 19.3 Å². The standard InChI is InChI=1S/C7H15NO/c1-3-4-8(2)7-5-9-6-7/h7H,3-6H2,1-2H3. The van der Waals surface area contributed by atoms with Crippen molar-refractivity contribution in [3.8, 4) is 0 Å². The molecule has 0 N–H and O–H groups in total. The summed E-state index contributed by atoms with van der Waals surface area (Å²) in [7, 11) is 2.16. The van der Waals surface area contributed by atoms with Crippen molar-refractivity contribution >= 4 is 0 Å². The fourth-order valence-electron chi connectivity index (χ4n) is 1.01. The van der Waals surface area contributed by atoms with Crippen molar-refractivity contribution in [3.63, 3.8) is 0 Å². The topological polar surface area (TPSA) is 12.5 Å². The van der Waals surface area contributed by atoms with E-state index in [9.17, 15) is 0 Å². The van der Waals surface area contributed by atoms with Gasteiger partial charge in [-0.25, -0.2) is 0 Å². The molecular formula is C7H15NO. The van der Waals surface area contributed by atoms with E-state index < -0.39 is 0 Å². The van der Waals surface area contributed by atoms with Gasteiger partial charge < -0.3 is 4.74 Å². The van der Waals surface area contributed by atoms with Crippen LogP contribution in [0.25, 0.3) is 0 Å². The van der Waals surface area contributed by atoms with Gasteiger partial charge in [-0.3, -0.25) is 4.90 Å². The molecule has 1 fully saturated rings. The second kappa shape index (κ2) is 3.18. The lowest BCUT2D eigenvalue weighted by molar-refractivity contribution is -0.0557. The van der Waals surface area contributed by atoms with Crippen LogP contribution in [0.4, 0.5) is 0 Å². The summed E-state index contributed by atoms with van der Waals surface area (Å²) in [6, 6.07) is 0.713. The van der Waals surface area contributed by atoms with Crippen LogP contribution in [0.3, 0.4) is 0 Å². The summed E-state index contributed by atoms with van der Waals surface area (Å²) in [5, 5.41) is 0. The third-order valence-corrected chi connectivity index (χ3v) is 1.82. The smallest absolute Gasteiger partial charge is 0.0645 e. The Balaban J connectivity index is 2.08. The Morgan fingerprint density at radius 1 is 1.56 bits per heavy atom. The normalized spacial score (nSPS) is 20.3. The maximum absolute atomic E-state index is 5.06. The molecule has 9 heavy (non-hydrogen) atoms. The van der Waals surface area contributed by atoms with Crippen LogP contribution < -0.4 is 0 Å². The molecule has 0 unspecified atom stereocenters. The quantitative estimate of drug-likeness (QED) is 0.557. The lowest BCUT2D eigenvalue weighted by atomic mass is 10.2. The van der Waals surface area contributed by atoms with Crippen LogP contribution in [0.2, 0.25) is 0 Å². The van der Waals surface area contributed by atoms with E-state index in [0.29, 0.717) is 6.04 Å². The first-order chi connectivity index (χ1) is 4.34. The van der Waals surface area contributed by atoms with Crippen LogP contribution in [0.1, 0.15) is 13.3 Å². The minimum atomic E-state index is 0.713. The van der Waals surface area contributed by atoms with Crippen LogP contribution >= 0.6 is 0 Å². The lowest BCUT2D eigenvalue weighted by Crippen LogP contribution is -2.47. The molecule has 1 saturated heterocycles. The molecule has 0 aromatic carbocycles. The van der Waals surface area contributed by atoms with Gasteiger partial charge in [0.25, 0.3) is 0 Å². The van der Waals surface area contributed by atoms with Crippen LogP contribution in [0.5, 0.6) is 0 Å². The monoisotopic (exact) mass is 129 g/mol. The highest BCUT2D eigenvalue weighted by atomic mass is 16.5. The van der Waals surface area contributed by atoms with Crippen molar-refractivity contribution in [1.29, 1.82) is 0 Å². The van der Waals surface area contributed by atoms with Crippen LogP contribution in [-0.2, 0) is 4.74 Å². The first kappa shape index (κ1) is 7.03. The zero-order valence-corrected chi connectivity index (χ0v) is 6.26. The Kier molecular flexibility index (Phi) is 2.49. The van der Waals surface area contributed by atoms with Crippen molar-refractivity contribution in [2.75, 3.05) is 26.8 Å². The van der Waals surface area contributed by atoms with Gasteiger partial charge in [0, 0.05) is 0 Å². The van der Waals surface area contributed by atoms with Gasteiger partial charge in [-0.15, -0.1) is 0 Å². The fraction of sp³-hybridized carbons (Fsp3) is 1.00. The van der Waals surface area contributed by atoms with Gasteiger partial charge in [0.2, 0.25) is 0 Å². The third kappa shape index (κ3) is 1.66. The summed E-state index contributed by atoms with van der Waals surface area (Å²) < 4.78 is 5.06. The van der Waals surface area contributed by atoms with Crippen molar-refractivity contribution in [2.45, 2.75) is 19.4 Å². The van der Waals surface area contributed by atoms with Crippen molar-refractivity contribution in [3.05, 3.63) is 0 Å². The molecule has 0 saturated carbocycles. The third-order valence-electron chi connectivity index (χ3n) is 1.82. The molecule has 0 atom stereocenters. The first-order valence-electron chi connectivity index (χ1n) is 3.62. The Labute approximate surface area is 56.8 Å². The van der Waals surface area contributed by atoms with E-state index in [2.05, 4.69) is 18.9 Å². The molecule has 1 rings (SSSR count). The predicted molar refractivity (Wildman–Crippen MR) is 37.5 cm³/mol. The minimum absolute atomic E-state index is 0.713. The maximum atomic E-state index is 5.06. The average Bonchev–Trinajstić information content (AvgIpc) is 1.60. The van der Waals surface area contributed by atoms with E-state index in [0.717, 1.165) is 13.2 Å². The second-order valence-electron chi connectivity index (χ2n) is 2.67. The van der Waals surface area contributed by atoms with Crippen LogP contribution in [0.15, 0.2) is 0 Å². The van der Waals surface area contributed by atoms with Gasteiger partial charge >= 0.3 is 0 Å². The van der Waals surface area contributed by atoms with Gasteiger partial charge in [-0.05, 0) is 20.0 Å². The molecule has 1 aliphatic rings. The summed E-state index contributed by atoms with van der Waals surface area (Å²) in [5.74, 6) is 0. The number of rotatable bonds is 3. The molecule has 0 radical (unpaired) electrons. The Bertz CT molecular complexity index is 81.0. The van der Waals surface area contributed by atoms with E-state index in [4.69, 9.17) is 4.74 Å². The lowest BCUT2D eigenvalue weighted by Gasteiger charge is -2.34.